The Hall–Kier alpha value is -4.61. The molecule has 300 valence electrons. The highest BCUT2D eigenvalue weighted by Gasteiger charge is 2.35. The zero-order valence-corrected chi connectivity index (χ0v) is 31.6. The zero-order chi connectivity index (χ0) is 40.0. The molecule has 4 aliphatic carbocycles. The number of hydrogen-bond acceptors (Lipinski definition) is 8. The molecule has 7 atom stereocenters. The van der Waals surface area contributed by atoms with Crippen molar-refractivity contribution in [3.8, 4) is 5.75 Å². The van der Waals surface area contributed by atoms with Crippen molar-refractivity contribution in [2.75, 3.05) is 13.1 Å². The van der Waals surface area contributed by atoms with Gasteiger partial charge >= 0.3 is 6.18 Å². The Morgan fingerprint density at radius 3 is 2.41 bits per heavy atom. The molecule has 7 unspecified atom stereocenters. The van der Waals surface area contributed by atoms with E-state index >= 15 is 0 Å². The fraction of sp³-hybridized carbons (Fsp3) is 0.425. The third-order valence-corrected chi connectivity index (χ3v) is 10.9. The maximum atomic E-state index is 13.7. The molecule has 12 nitrogen and oxygen atoms in total. The number of hydrogen-bond donors (Lipinski definition) is 6. The summed E-state index contributed by atoms with van der Waals surface area (Å²) in [5, 5.41) is 15.6. The summed E-state index contributed by atoms with van der Waals surface area (Å²) < 4.78 is 62.7. The van der Waals surface area contributed by atoms with E-state index in [4.69, 9.17) is 4.84 Å². The quantitative estimate of drug-likeness (QED) is 0.127. The molecule has 1 heterocycles. The van der Waals surface area contributed by atoms with Crippen LogP contribution in [0.5, 0.6) is 5.75 Å². The molecule has 16 heteroatoms. The van der Waals surface area contributed by atoms with Gasteiger partial charge in [0.05, 0.1) is 18.0 Å². The van der Waals surface area contributed by atoms with E-state index in [0.717, 1.165) is 48.5 Å². The molecule has 0 saturated carbocycles. The number of phenolic OH excluding ortho intramolecular Hbond substituents is 1. The fourth-order valence-corrected chi connectivity index (χ4v) is 7.69. The van der Waals surface area contributed by atoms with Crippen LogP contribution in [-0.4, -0.2) is 68.0 Å². The molecule has 0 bridgehead atoms. The van der Waals surface area contributed by atoms with Gasteiger partial charge in [0.2, 0.25) is 5.91 Å². The number of nitrogens with zero attached hydrogens (tertiary/aromatic N) is 1. The Morgan fingerprint density at radius 1 is 0.982 bits per heavy atom. The number of alkyl halides is 3. The smallest absolute Gasteiger partial charge is 0.416 e. The van der Waals surface area contributed by atoms with Gasteiger partial charge in [-0.15, -0.1) is 0 Å². The Morgan fingerprint density at radius 2 is 1.77 bits per heavy atom. The first-order valence-corrected chi connectivity index (χ1v) is 19.7. The van der Waals surface area contributed by atoms with Crippen LogP contribution in [0.2, 0.25) is 0 Å². The molecule has 6 rings (SSSR count). The molecule has 1 aromatic rings. The first-order valence-electron chi connectivity index (χ1n) is 18.6. The van der Waals surface area contributed by atoms with Crippen LogP contribution < -0.4 is 20.8 Å². The highest BCUT2D eigenvalue weighted by Crippen LogP contribution is 2.35. The topological polar surface area (TPSA) is 169 Å². The third kappa shape index (κ3) is 10.8. The number of hydroxylamine groups is 1. The summed E-state index contributed by atoms with van der Waals surface area (Å²) in [5.41, 5.74) is 5.40. The summed E-state index contributed by atoms with van der Waals surface area (Å²) in [4.78, 5) is 46.1. The van der Waals surface area contributed by atoms with E-state index in [1.165, 1.54) is 29.0 Å². The van der Waals surface area contributed by atoms with Gasteiger partial charge < -0.3 is 15.3 Å². The monoisotopic (exact) mass is 797 g/mol. The number of benzene rings is 1. The Balaban J connectivity index is 1.02. The van der Waals surface area contributed by atoms with Gasteiger partial charge in [-0.25, -0.2) is 4.21 Å². The molecule has 1 saturated heterocycles. The van der Waals surface area contributed by atoms with Crippen molar-refractivity contribution in [2.24, 2.45) is 17.8 Å². The minimum atomic E-state index is -4.76. The summed E-state index contributed by atoms with van der Waals surface area (Å²) in [6, 6.07) is 2.08. The second-order valence-corrected chi connectivity index (χ2v) is 15.4. The third-order valence-electron chi connectivity index (χ3n) is 10.5. The molecular formula is C40H46F3N5O7S. The standard InChI is InChI=1S/C40H46F3N5O7S/c1-24-2-6-26(7-3-24)27-10-12-29(13-11-27)38-45-37(46-55-38)28-8-4-25(5-9-28)22-48(23-36(51)47-56(53)54)39(52)30-14-17-32(18-15-30)44-35(50)20-31-16-19-33(49)21-34(31)40(41,42)43/h4,6,8-10,12-17,19,21,24-25,27,32,37-38,45-46,49H,2-3,5,7,11,18,20,22-23H2,1H3,(H,44,50)(H,47,51)(H,53,54). The van der Waals surface area contributed by atoms with Crippen LogP contribution in [0.15, 0.2) is 101 Å². The number of amides is 3. The van der Waals surface area contributed by atoms with Crippen LogP contribution in [0.4, 0.5) is 13.2 Å². The summed E-state index contributed by atoms with van der Waals surface area (Å²) in [7, 11) is 0. The Bertz CT molecular complexity index is 1940. The van der Waals surface area contributed by atoms with Crippen molar-refractivity contribution < 1.29 is 46.3 Å². The van der Waals surface area contributed by atoms with E-state index in [0.29, 0.717) is 18.4 Å². The van der Waals surface area contributed by atoms with E-state index in [-0.39, 0.29) is 42.4 Å². The van der Waals surface area contributed by atoms with Crippen molar-refractivity contribution in [1.29, 1.82) is 0 Å². The van der Waals surface area contributed by atoms with Gasteiger partial charge in [-0.3, -0.25) is 33.8 Å². The van der Waals surface area contributed by atoms with Crippen LogP contribution in [0, 0.1) is 17.8 Å². The lowest BCUT2D eigenvalue weighted by molar-refractivity contribution is -0.138. The second-order valence-electron chi connectivity index (χ2n) is 14.7. The van der Waals surface area contributed by atoms with Gasteiger partial charge in [-0.2, -0.15) is 18.7 Å². The highest BCUT2D eigenvalue weighted by atomic mass is 32.2. The lowest BCUT2D eigenvalue weighted by Gasteiger charge is -2.28. The van der Waals surface area contributed by atoms with Crippen LogP contribution in [-0.2, 0) is 43.1 Å². The minimum Gasteiger partial charge on any atom is -0.508 e. The average Bonchev–Trinajstić information content (AvgIpc) is 3.66. The summed E-state index contributed by atoms with van der Waals surface area (Å²) in [6.45, 7) is 1.91. The SMILES string of the molecule is CC1CC=C(C2C=CC(C3NC(C4=CCC(CN(CC(=O)NS(=O)O)C(=O)C5=CCC(NC(=O)Cc6ccc(O)cc6C(F)(F)F)C=C5)C=C4)NO3)=CC2)CC1. The molecule has 0 radical (unpaired) electrons. The maximum absolute atomic E-state index is 13.7. The molecule has 56 heavy (non-hydrogen) atoms. The molecule has 5 aliphatic rings. The minimum absolute atomic E-state index is 0.114. The summed E-state index contributed by atoms with van der Waals surface area (Å²) in [5.74, 6) is -1.62. The lowest BCUT2D eigenvalue weighted by Crippen LogP contribution is -2.44. The van der Waals surface area contributed by atoms with E-state index in [1.54, 1.807) is 6.08 Å². The molecule has 6 N–H and O–H groups in total. The van der Waals surface area contributed by atoms with Crippen LogP contribution in [0.1, 0.15) is 56.6 Å². The van der Waals surface area contributed by atoms with Gasteiger partial charge in [0, 0.05) is 18.0 Å². The maximum Gasteiger partial charge on any atom is 0.416 e. The fourth-order valence-electron chi connectivity index (χ4n) is 7.43. The average molecular weight is 798 g/mol. The Kier molecular flexibility index (Phi) is 13.3. The first kappa shape index (κ1) is 41.0. The molecular weight excluding hydrogens is 752 g/mol. The molecule has 0 aromatic heterocycles. The highest BCUT2D eigenvalue weighted by molar-refractivity contribution is 7.77. The predicted molar refractivity (Wildman–Crippen MR) is 203 cm³/mol. The van der Waals surface area contributed by atoms with Crippen molar-refractivity contribution in [3.05, 3.63) is 112 Å². The van der Waals surface area contributed by atoms with Crippen LogP contribution in [0.25, 0.3) is 0 Å². The summed E-state index contributed by atoms with van der Waals surface area (Å²) in [6.07, 6.45) is 18.7. The number of carbonyl (C=O) groups excluding carboxylic acids is 3. The molecule has 0 spiro atoms. The van der Waals surface area contributed by atoms with E-state index < -0.39 is 65.5 Å². The van der Waals surface area contributed by atoms with Crippen LogP contribution in [0.3, 0.4) is 0 Å². The van der Waals surface area contributed by atoms with Crippen molar-refractivity contribution in [1.82, 2.24) is 25.7 Å². The van der Waals surface area contributed by atoms with Gasteiger partial charge in [0.15, 0.2) is 6.23 Å². The number of phenols is 1. The van der Waals surface area contributed by atoms with Crippen LogP contribution >= 0.6 is 0 Å². The van der Waals surface area contributed by atoms with Gasteiger partial charge in [-0.1, -0.05) is 79.3 Å². The van der Waals surface area contributed by atoms with Crippen molar-refractivity contribution >= 4 is 29.0 Å². The molecule has 1 fully saturated rings. The van der Waals surface area contributed by atoms with E-state index in [2.05, 4.69) is 47.3 Å². The second kappa shape index (κ2) is 18.1. The predicted octanol–water partition coefficient (Wildman–Crippen LogP) is 4.93. The van der Waals surface area contributed by atoms with Crippen molar-refractivity contribution in [3.63, 3.8) is 0 Å². The lowest BCUT2D eigenvalue weighted by atomic mass is 9.81. The number of rotatable bonds is 12. The van der Waals surface area contributed by atoms with Gasteiger partial charge in [0.25, 0.3) is 23.1 Å². The number of nitrogens with one attached hydrogen (secondary N) is 4. The van der Waals surface area contributed by atoms with Gasteiger partial charge in [-0.05, 0) is 79.2 Å². The zero-order valence-electron chi connectivity index (χ0n) is 30.8. The molecule has 1 aliphatic heterocycles. The molecule has 1 aromatic carbocycles. The largest absolute Gasteiger partial charge is 0.508 e. The normalized spacial score (nSPS) is 26.7. The first-order chi connectivity index (χ1) is 26.7. The van der Waals surface area contributed by atoms with E-state index in [1.807, 2.05) is 23.0 Å². The van der Waals surface area contributed by atoms with Crippen molar-refractivity contribution in [2.45, 2.75) is 76.5 Å². The van der Waals surface area contributed by atoms with E-state index in [9.17, 15) is 41.4 Å². The number of carbonyl (C=O) groups is 3. The Labute approximate surface area is 325 Å². The number of allylic oxidation sites excluding steroid dienone is 5. The summed E-state index contributed by atoms with van der Waals surface area (Å²) >= 11 is -2.63. The number of aromatic hydroxyl groups is 1. The van der Waals surface area contributed by atoms with Gasteiger partial charge in [0.1, 0.15) is 18.5 Å². The molecule has 3 amide bonds. The number of halogens is 3.